The van der Waals surface area contributed by atoms with Crippen molar-refractivity contribution in [2.24, 2.45) is 0 Å². The lowest BCUT2D eigenvalue weighted by Gasteiger charge is -2.22. The Morgan fingerprint density at radius 3 is 2.81 bits per heavy atom. The smallest absolute Gasteiger partial charge is 0.273 e. The number of carbonyl (C=O) groups excluding carboxylic acids is 2. The van der Waals surface area contributed by atoms with Crippen LogP contribution < -0.4 is 16.0 Å². The number of nitrogens with one attached hydrogen (secondary N) is 3. The Kier molecular flexibility index (Phi) is 7.05. The molecule has 0 spiro atoms. The number of anilines is 1. The van der Waals surface area contributed by atoms with Crippen LogP contribution in [-0.2, 0) is 4.79 Å². The second-order valence-corrected chi connectivity index (χ2v) is 5.81. The number of nitrogens with zero attached hydrogens (tertiary/aromatic N) is 3. The van der Waals surface area contributed by atoms with Crippen LogP contribution in [0.1, 0.15) is 29.4 Å². The summed E-state index contributed by atoms with van der Waals surface area (Å²) in [4.78, 5) is 23.9. The van der Waals surface area contributed by atoms with E-state index in [0.717, 1.165) is 25.9 Å². The number of carbonyl (C=O) groups is 2. The highest BCUT2D eigenvalue weighted by molar-refractivity contribution is 5.98. The van der Waals surface area contributed by atoms with E-state index < -0.39 is 17.6 Å². The summed E-state index contributed by atoms with van der Waals surface area (Å²) in [6.45, 7) is 1.58. The average Bonchev–Trinajstić information content (AvgIpc) is 3.11. The molecule has 26 heavy (non-hydrogen) atoms. The SMILES string of the molecule is Cl.O=C(CNC(=O)c1cn(C2CCNCC2)nn1)Nc1cccc(F)c1. The van der Waals surface area contributed by atoms with Crippen molar-refractivity contribution in [2.45, 2.75) is 18.9 Å². The summed E-state index contributed by atoms with van der Waals surface area (Å²) in [5, 5.41) is 16.1. The van der Waals surface area contributed by atoms with Gasteiger partial charge >= 0.3 is 0 Å². The Balaban J connectivity index is 0.00000243. The maximum atomic E-state index is 13.1. The van der Waals surface area contributed by atoms with Crippen LogP contribution in [0.4, 0.5) is 10.1 Å². The highest BCUT2D eigenvalue weighted by Crippen LogP contribution is 2.17. The van der Waals surface area contributed by atoms with E-state index >= 15 is 0 Å². The number of amides is 2. The number of aromatic nitrogens is 3. The van der Waals surface area contributed by atoms with Gasteiger partial charge in [-0.25, -0.2) is 9.07 Å². The maximum absolute atomic E-state index is 13.1. The van der Waals surface area contributed by atoms with Crippen molar-refractivity contribution in [3.05, 3.63) is 42.0 Å². The fourth-order valence-electron chi connectivity index (χ4n) is 2.65. The molecule has 3 rings (SSSR count). The molecular weight excluding hydrogens is 363 g/mol. The highest BCUT2D eigenvalue weighted by Gasteiger charge is 2.19. The molecule has 0 saturated carbocycles. The summed E-state index contributed by atoms with van der Waals surface area (Å²) >= 11 is 0. The molecule has 0 radical (unpaired) electrons. The van der Waals surface area contributed by atoms with Crippen LogP contribution in [0, 0.1) is 5.82 Å². The predicted molar refractivity (Wildman–Crippen MR) is 95.8 cm³/mol. The Morgan fingerprint density at radius 2 is 2.08 bits per heavy atom. The maximum Gasteiger partial charge on any atom is 0.273 e. The number of hydrogen-bond donors (Lipinski definition) is 3. The standard InChI is InChI=1S/C16H19FN6O2.ClH/c17-11-2-1-3-12(8-11)20-15(24)9-19-16(25)14-10-23(22-21-14)13-4-6-18-7-5-13;/h1-3,8,10,13,18H,4-7,9H2,(H,19,25)(H,20,24);1H. The summed E-state index contributed by atoms with van der Waals surface area (Å²) in [7, 11) is 0. The molecule has 0 bridgehead atoms. The van der Waals surface area contributed by atoms with E-state index in [1.165, 1.54) is 18.2 Å². The quantitative estimate of drug-likeness (QED) is 0.719. The molecule has 0 atom stereocenters. The topological polar surface area (TPSA) is 101 Å². The molecule has 10 heteroatoms. The third-order valence-corrected chi connectivity index (χ3v) is 3.94. The van der Waals surface area contributed by atoms with Gasteiger partial charge in [0.15, 0.2) is 5.69 Å². The van der Waals surface area contributed by atoms with Crippen LogP contribution in [0.25, 0.3) is 0 Å². The first kappa shape index (κ1) is 19.8. The van der Waals surface area contributed by atoms with Crippen molar-refractivity contribution in [2.75, 3.05) is 25.0 Å². The van der Waals surface area contributed by atoms with Gasteiger partial charge < -0.3 is 16.0 Å². The zero-order valence-corrected chi connectivity index (χ0v) is 14.8. The van der Waals surface area contributed by atoms with Crippen LogP contribution in [-0.4, -0.2) is 46.4 Å². The number of halogens is 2. The van der Waals surface area contributed by atoms with Crippen molar-refractivity contribution in [1.29, 1.82) is 0 Å². The minimum atomic E-state index is -0.477. The van der Waals surface area contributed by atoms with E-state index in [-0.39, 0.29) is 30.7 Å². The minimum Gasteiger partial charge on any atom is -0.342 e. The van der Waals surface area contributed by atoms with Crippen LogP contribution >= 0.6 is 12.4 Å². The first-order valence-electron chi connectivity index (χ1n) is 8.08. The summed E-state index contributed by atoms with van der Waals surface area (Å²) in [6.07, 6.45) is 3.46. The van der Waals surface area contributed by atoms with Crippen molar-refractivity contribution < 1.29 is 14.0 Å². The molecule has 8 nitrogen and oxygen atoms in total. The largest absolute Gasteiger partial charge is 0.342 e. The first-order valence-corrected chi connectivity index (χ1v) is 8.08. The third kappa shape index (κ3) is 5.24. The lowest BCUT2D eigenvalue weighted by molar-refractivity contribution is -0.115. The molecular formula is C16H20ClFN6O2. The van der Waals surface area contributed by atoms with Gasteiger partial charge in [0.25, 0.3) is 5.91 Å². The fourth-order valence-corrected chi connectivity index (χ4v) is 2.65. The van der Waals surface area contributed by atoms with Crippen molar-refractivity contribution in [1.82, 2.24) is 25.6 Å². The molecule has 140 valence electrons. The first-order chi connectivity index (χ1) is 12.1. The average molecular weight is 383 g/mol. The molecule has 3 N–H and O–H groups in total. The van der Waals surface area contributed by atoms with E-state index in [2.05, 4.69) is 26.3 Å². The van der Waals surface area contributed by atoms with Gasteiger partial charge in [-0.3, -0.25) is 9.59 Å². The van der Waals surface area contributed by atoms with Gasteiger partial charge in [0.05, 0.1) is 18.8 Å². The van der Waals surface area contributed by atoms with Gasteiger partial charge in [0.2, 0.25) is 5.91 Å². The Bertz CT molecular complexity index is 763. The molecule has 1 aliphatic heterocycles. The summed E-state index contributed by atoms with van der Waals surface area (Å²) < 4.78 is 14.8. The van der Waals surface area contributed by atoms with Crippen molar-refractivity contribution in [3.63, 3.8) is 0 Å². The van der Waals surface area contributed by atoms with Gasteiger partial charge in [-0.15, -0.1) is 17.5 Å². The molecule has 0 unspecified atom stereocenters. The molecule has 1 fully saturated rings. The van der Waals surface area contributed by atoms with Gasteiger partial charge in [-0.05, 0) is 44.1 Å². The zero-order valence-electron chi connectivity index (χ0n) is 13.9. The minimum absolute atomic E-state index is 0. The normalized spacial score (nSPS) is 14.3. The second kappa shape index (κ2) is 9.25. The second-order valence-electron chi connectivity index (χ2n) is 5.81. The van der Waals surface area contributed by atoms with Gasteiger partial charge in [0.1, 0.15) is 5.82 Å². The lowest BCUT2D eigenvalue weighted by atomic mass is 10.1. The monoisotopic (exact) mass is 382 g/mol. The van der Waals surface area contributed by atoms with Gasteiger partial charge in [-0.1, -0.05) is 11.3 Å². The molecule has 1 saturated heterocycles. The van der Waals surface area contributed by atoms with Crippen LogP contribution in [0.3, 0.4) is 0 Å². The summed E-state index contributed by atoms with van der Waals surface area (Å²) in [5.74, 6) is -1.38. The number of benzene rings is 1. The predicted octanol–water partition coefficient (Wildman–Crippen LogP) is 1.13. The fraction of sp³-hybridized carbons (Fsp3) is 0.375. The Morgan fingerprint density at radius 1 is 1.31 bits per heavy atom. The summed E-state index contributed by atoms with van der Waals surface area (Å²) in [6, 6.07) is 5.76. The van der Waals surface area contributed by atoms with Gasteiger partial charge in [-0.2, -0.15) is 0 Å². The van der Waals surface area contributed by atoms with Crippen LogP contribution in [0.5, 0.6) is 0 Å². The van der Waals surface area contributed by atoms with E-state index in [1.54, 1.807) is 16.9 Å². The van der Waals surface area contributed by atoms with Crippen LogP contribution in [0.15, 0.2) is 30.5 Å². The lowest BCUT2D eigenvalue weighted by Crippen LogP contribution is -2.33. The number of piperidine rings is 1. The number of rotatable bonds is 5. The van der Waals surface area contributed by atoms with E-state index in [4.69, 9.17) is 0 Å². The van der Waals surface area contributed by atoms with Crippen molar-refractivity contribution in [3.8, 4) is 0 Å². The Labute approximate surface area is 155 Å². The molecule has 1 aliphatic rings. The molecule has 2 aromatic rings. The van der Waals surface area contributed by atoms with E-state index in [9.17, 15) is 14.0 Å². The van der Waals surface area contributed by atoms with Gasteiger partial charge in [0, 0.05) is 5.69 Å². The summed E-state index contributed by atoms with van der Waals surface area (Å²) in [5.41, 5.74) is 0.494. The van der Waals surface area contributed by atoms with E-state index in [1.807, 2.05) is 0 Å². The molecule has 1 aromatic heterocycles. The Hall–Kier alpha value is -2.52. The third-order valence-electron chi connectivity index (χ3n) is 3.94. The molecule has 2 amide bonds. The zero-order chi connectivity index (χ0) is 17.6. The van der Waals surface area contributed by atoms with Crippen molar-refractivity contribution >= 4 is 29.9 Å². The number of hydrogen-bond acceptors (Lipinski definition) is 5. The molecule has 2 heterocycles. The van der Waals surface area contributed by atoms with E-state index in [0.29, 0.717) is 5.69 Å². The highest BCUT2D eigenvalue weighted by atomic mass is 35.5. The van der Waals surface area contributed by atoms with Crippen LogP contribution in [0.2, 0.25) is 0 Å². The molecule has 0 aliphatic carbocycles. The molecule has 1 aromatic carbocycles.